The molecule has 0 spiro atoms. The van der Waals surface area contributed by atoms with E-state index in [0.29, 0.717) is 12.2 Å². The van der Waals surface area contributed by atoms with Crippen LogP contribution in [0.15, 0.2) is 66.7 Å². The quantitative estimate of drug-likeness (QED) is 0.252. The van der Waals surface area contributed by atoms with Crippen LogP contribution in [-0.4, -0.2) is 5.97 Å². The lowest BCUT2D eigenvalue weighted by Gasteiger charge is -2.11. The number of hydrogen-bond acceptors (Lipinski definition) is 2. The summed E-state index contributed by atoms with van der Waals surface area (Å²) >= 11 is 0. The van der Waals surface area contributed by atoms with E-state index in [2.05, 4.69) is 61.5 Å². The zero-order valence-electron chi connectivity index (χ0n) is 14.3. The molecule has 0 saturated carbocycles. The minimum Gasteiger partial charge on any atom is -0.426 e. The number of carbonyl (C=O) groups excluding carboxylic acids is 1. The molecule has 0 saturated heterocycles. The molecule has 4 aromatic carbocycles. The molecule has 2 nitrogen and oxygen atoms in total. The number of benzene rings is 4. The van der Waals surface area contributed by atoms with Crippen LogP contribution in [0.25, 0.3) is 32.3 Å². The molecule has 0 unspecified atom stereocenters. The molecule has 0 aliphatic heterocycles. The smallest absolute Gasteiger partial charge is 0.311 e. The second kappa shape index (κ2) is 6.56. The van der Waals surface area contributed by atoms with Crippen molar-refractivity contribution in [2.45, 2.75) is 26.2 Å². The van der Waals surface area contributed by atoms with Crippen LogP contribution >= 0.6 is 0 Å². The minimum atomic E-state index is -0.159. The van der Waals surface area contributed by atoms with Crippen molar-refractivity contribution in [1.29, 1.82) is 0 Å². The average Bonchev–Trinajstić information content (AvgIpc) is 2.66. The van der Waals surface area contributed by atoms with Gasteiger partial charge >= 0.3 is 5.97 Å². The van der Waals surface area contributed by atoms with E-state index in [1.165, 1.54) is 21.5 Å². The van der Waals surface area contributed by atoms with Crippen LogP contribution in [0.5, 0.6) is 5.75 Å². The minimum absolute atomic E-state index is 0.159. The standard InChI is InChI=1S/C23H20O2/c1-2-3-11-23(24)25-22-10-6-9-18-20-13-12-16-7-4-5-8-17(16)19(20)14-15-21(18)22/h4-10,12-15H,2-3,11H2,1H3. The number of ether oxygens (including phenoxy) is 1. The maximum Gasteiger partial charge on any atom is 0.311 e. The molecular formula is C23H20O2. The summed E-state index contributed by atoms with van der Waals surface area (Å²) in [6, 6.07) is 22.8. The Kier molecular flexibility index (Phi) is 4.10. The normalized spacial score (nSPS) is 11.2. The largest absolute Gasteiger partial charge is 0.426 e. The Morgan fingerprint density at radius 3 is 2.32 bits per heavy atom. The summed E-state index contributed by atoms with van der Waals surface area (Å²) in [6.45, 7) is 2.07. The van der Waals surface area contributed by atoms with Crippen LogP contribution in [0, 0.1) is 0 Å². The van der Waals surface area contributed by atoms with E-state index in [1.54, 1.807) is 0 Å². The summed E-state index contributed by atoms with van der Waals surface area (Å²) in [6.07, 6.45) is 2.31. The Morgan fingerprint density at radius 1 is 0.760 bits per heavy atom. The molecule has 0 N–H and O–H groups in total. The number of rotatable bonds is 4. The SMILES string of the molecule is CCCCC(=O)Oc1cccc2c1ccc1c3ccccc3ccc21. The first-order valence-electron chi connectivity index (χ1n) is 8.82. The van der Waals surface area contributed by atoms with Crippen molar-refractivity contribution >= 4 is 38.3 Å². The fraction of sp³-hybridized carbons (Fsp3) is 0.174. The number of hydrogen-bond donors (Lipinski definition) is 0. The fourth-order valence-corrected chi connectivity index (χ4v) is 3.41. The number of unbranched alkanes of at least 4 members (excludes halogenated alkanes) is 1. The zero-order valence-corrected chi connectivity index (χ0v) is 14.3. The van der Waals surface area contributed by atoms with Gasteiger partial charge in [-0.1, -0.05) is 67.9 Å². The maximum atomic E-state index is 12.0. The Labute approximate surface area is 147 Å². The Hall–Kier alpha value is -2.87. The van der Waals surface area contributed by atoms with Crippen LogP contribution in [0.4, 0.5) is 0 Å². The van der Waals surface area contributed by atoms with E-state index in [4.69, 9.17) is 4.74 Å². The number of fused-ring (bicyclic) bond motifs is 5. The first kappa shape index (κ1) is 15.6. The van der Waals surface area contributed by atoms with Crippen LogP contribution in [0.2, 0.25) is 0 Å². The van der Waals surface area contributed by atoms with E-state index in [9.17, 15) is 4.79 Å². The van der Waals surface area contributed by atoms with Gasteiger partial charge in [-0.05, 0) is 45.5 Å². The second-order valence-electron chi connectivity index (χ2n) is 6.38. The Bertz CT molecular complexity index is 1080. The summed E-state index contributed by atoms with van der Waals surface area (Å²) in [7, 11) is 0. The highest BCUT2D eigenvalue weighted by atomic mass is 16.5. The average molecular weight is 328 g/mol. The molecule has 0 aromatic heterocycles. The van der Waals surface area contributed by atoms with Gasteiger partial charge < -0.3 is 4.74 Å². The van der Waals surface area contributed by atoms with Gasteiger partial charge in [0.25, 0.3) is 0 Å². The van der Waals surface area contributed by atoms with Gasteiger partial charge in [0, 0.05) is 11.8 Å². The van der Waals surface area contributed by atoms with Crippen LogP contribution < -0.4 is 4.74 Å². The highest BCUT2D eigenvalue weighted by Gasteiger charge is 2.10. The third kappa shape index (κ3) is 2.85. The molecule has 2 heteroatoms. The lowest BCUT2D eigenvalue weighted by molar-refractivity contribution is -0.134. The van der Waals surface area contributed by atoms with Crippen molar-refractivity contribution in [2.24, 2.45) is 0 Å². The molecular weight excluding hydrogens is 308 g/mol. The van der Waals surface area contributed by atoms with Crippen molar-refractivity contribution in [3.8, 4) is 5.75 Å². The van der Waals surface area contributed by atoms with Crippen LogP contribution in [-0.2, 0) is 4.79 Å². The molecule has 0 aliphatic carbocycles. The van der Waals surface area contributed by atoms with Gasteiger partial charge in [0.2, 0.25) is 0 Å². The van der Waals surface area contributed by atoms with Gasteiger partial charge in [-0.15, -0.1) is 0 Å². The predicted molar refractivity (Wildman–Crippen MR) is 104 cm³/mol. The molecule has 124 valence electrons. The summed E-state index contributed by atoms with van der Waals surface area (Å²) < 4.78 is 5.63. The molecule has 4 aromatic rings. The lowest BCUT2D eigenvalue weighted by Crippen LogP contribution is -2.07. The third-order valence-corrected chi connectivity index (χ3v) is 4.70. The van der Waals surface area contributed by atoms with Gasteiger partial charge in [-0.2, -0.15) is 0 Å². The highest BCUT2D eigenvalue weighted by Crippen LogP contribution is 2.35. The van der Waals surface area contributed by atoms with Crippen LogP contribution in [0.1, 0.15) is 26.2 Å². The van der Waals surface area contributed by atoms with Crippen molar-refractivity contribution < 1.29 is 9.53 Å². The van der Waals surface area contributed by atoms with Crippen LogP contribution in [0.3, 0.4) is 0 Å². The van der Waals surface area contributed by atoms with Gasteiger partial charge in [0.15, 0.2) is 0 Å². The zero-order chi connectivity index (χ0) is 17.2. The number of carbonyl (C=O) groups is 1. The first-order chi connectivity index (χ1) is 12.3. The van der Waals surface area contributed by atoms with Gasteiger partial charge in [-0.25, -0.2) is 0 Å². The van der Waals surface area contributed by atoms with Crippen molar-refractivity contribution in [3.63, 3.8) is 0 Å². The van der Waals surface area contributed by atoms with E-state index < -0.39 is 0 Å². The monoisotopic (exact) mass is 328 g/mol. The highest BCUT2D eigenvalue weighted by molar-refractivity contribution is 6.18. The van der Waals surface area contributed by atoms with E-state index >= 15 is 0 Å². The first-order valence-corrected chi connectivity index (χ1v) is 8.82. The summed E-state index contributed by atoms with van der Waals surface area (Å²) in [5.41, 5.74) is 0. The van der Waals surface area contributed by atoms with E-state index in [0.717, 1.165) is 23.6 Å². The molecule has 0 bridgehead atoms. The summed E-state index contributed by atoms with van der Waals surface area (Å²) in [5.74, 6) is 0.488. The molecule has 0 fully saturated rings. The number of esters is 1. The Morgan fingerprint density at radius 2 is 1.44 bits per heavy atom. The second-order valence-corrected chi connectivity index (χ2v) is 6.38. The maximum absolute atomic E-state index is 12.0. The molecule has 0 atom stereocenters. The third-order valence-electron chi connectivity index (χ3n) is 4.70. The van der Waals surface area contributed by atoms with Crippen molar-refractivity contribution in [2.75, 3.05) is 0 Å². The Balaban J connectivity index is 1.87. The van der Waals surface area contributed by atoms with Gasteiger partial charge in [0.1, 0.15) is 5.75 Å². The molecule has 0 aliphatic rings. The molecule has 0 amide bonds. The van der Waals surface area contributed by atoms with Gasteiger partial charge in [-0.3, -0.25) is 4.79 Å². The van der Waals surface area contributed by atoms with E-state index in [-0.39, 0.29) is 5.97 Å². The summed E-state index contributed by atoms with van der Waals surface area (Å²) in [5, 5.41) is 6.98. The van der Waals surface area contributed by atoms with Crippen molar-refractivity contribution in [3.05, 3.63) is 66.7 Å². The molecule has 25 heavy (non-hydrogen) atoms. The molecule has 4 rings (SSSR count). The van der Waals surface area contributed by atoms with E-state index in [1.807, 2.05) is 12.1 Å². The summed E-state index contributed by atoms with van der Waals surface area (Å²) in [4.78, 5) is 12.0. The van der Waals surface area contributed by atoms with Gasteiger partial charge in [0.05, 0.1) is 0 Å². The molecule has 0 radical (unpaired) electrons. The van der Waals surface area contributed by atoms with Crippen molar-refractivity contribution in [1.82, 2.24) is 0 Å². The predicted octanol–water partition coefficient (Wildman–Crippen LogP) is 6.24. The lowest BCUT2D eigenvalue weighted by atomic mass is 9.97. The molecule has 0 heterocycles. The topological polar surface area (TPSA) is 26.3 Å². The fourth-order valence-electron chi connectivity index (χ4n) is 3.41.